The first-order valence-electron chi connectivity index (χ1n) is 17.6. The van der Waals surface area contributed by atoms with Crippen LogP contribution in [-0.4, -0.2) is 141 Å². The molecule has 0 spiro atoms. The Balaban J connectivity index is 0.00000192. The number of piperazine rings is 2. The number of carbonyl (C=O) groups is 2. The molecule has 9 nitrogen and oxygen atoms in total. The summed E-state index contributed by atoms with van der Waals surface area (Å²) in [5, 5.41) is 0. The molecule has 0 unspecified atom stereocenters. The first kappa shape index (κ1) is 40.1. The number of hydrogen-bond acceptors (Lipinski definition) is 6. The van der Waals surface area contributed by atoms with Crippen LogP contribution in [0, 0.1) is 34.5 Å². The van der Waals surface area contributed by atoms with Gasteiger partial charge in [-0.25, -0.2) is 0 Å². The number of hydrogen-bond donors (Lipinski definition) is 0. The van der Waals surface area contributed by atoms with E-state index in [1.165, 1.54) is 25.7 Å². The van der Waals surface area contributed by atoms with Crippen LogP contribution >= 0.6 is 0 Å². The quantitative estimate of drug-likeness (QED) is 0.221. The molecule has 6 rings (SSSR count). The smallest absolute Gasteiger partial charge is 0.302 e. The minimum absolute atomic E-state index is 0. The highest BCUT2D eigenvalue weighted by Crippen LogP contribution is 2.67. The van der Waals surface area contributed by atoms with Crippen molar-refractivity contribution < 1.29 is 67.5 Å². The predicted octanol–water partition coefficient (Wildman–Crippen LogP) is -3.18. The third-order valence-electron chi connectivity index (χ3n) is 14.1. The summed E-state index contributed by atoms with van der Waals surface area (Å²) in [6.45, 7) is 17.3. The van der Waals surface area contributed by atoms with Crippen LogP contribution in [0.3, 0.4) is 0 Å². The number of esters is 2. The van der Waals surface area contributed by atoms with Gasteiger partial charge in [-0.05, 0) is 74.0 Å². The summed E-state index contributed by atoms with van der Waals surface area (Å²) in [6, 6.07) is 0.656. The summed E-state index contributed by atoms with van der Waals surface area (Å²) in [7, 11) is 9.36. The molecule has 0 radical (unpaired) electrons. The molecule has 0 aromatic heterocycles. The third kappa shape index (κ3) is 7.41. The van der Waals surface area contributed by atoms with E-state index in [9.17, 15) is 9.59 Å². The molecular formula is C35H64Br2N4O5. The van der Waals surface area contributed by atoms with Crippen molar-refractivity contribution in [3.05, 3.63) is 0 Å². The van der Waals surface area contributed by atoms with E-state index in [4.69, 9.17) is 9.47 Å². The molecule has 0 aromatic carbocycles. The van der Waals surface area contributed by atoms with Crippen LogP contribution in [0.15, 0.2) is 0 Å². The molecule has 0 aromatic rings. The lowest BCUT2D eigenvalue weighted by Crippen LogP contribution is -3.00. The van der Waals surface area contributed by atoms with Gasteiger partial charge in [-0.15, -0.1) is 0 Å². The van der Waals surface area contributed by atoms with E-state index in [1.54, 1.807) is 13.8 Å². The molecule has 11 heteroatoms. The molecule has 2 N–H and O–H groups in total. The maximum Gasteiger partial charge on any atom is 0.302 e. The fraction of sp³-hybridized carbons (Fsp3) is 0.943. The second kappa shape index (κ2) is 14.5. The molecule has 2 heterocycles. The third-order valence-corrected chi connectivity index (χ3v) is 14.1. The Kier molecular flexibility index (Phi) is 12.7. The molecule has 6 aliphatic rings. The second-order valence-corrected chi connectivity index (χ2v) is 17.5. The van der Waals surface area contributed by atoms with Gasteiger partial charge in [-0.2, -0.15) is 0 Å². The SMILES string of the molecule is CC(=O)O[C@H]1C[C@@H]2CC[C@@H]3[C@H](CC[C@@]4(C)[C@H]3C[C@H](N3CC[N+](C)(C)CC3)[C@@H]4OC(C)=O)[C@@]2(C)C[C@@H]1N1CC[N+](C)(C)CC1.O.[Br-].[Br-]. The molecule has 10 atom stereocenters. The average molecular weight is 781 g/mol. The van der Waals surface area contributed by atoms with E-state index >= 15 is 0 Å². The van der Waals surface area contributed by atoms with Gasteiger partial charge in [0.1, 0.15) is 12.2 Å². The summed E-state index contributed by atoms with van der Waals surface area (Å²) in [6.07, 6.45) is 8.22. The summed E-state index contributed by atoms with van der Waals surface area (Å²) < 4.78 is 14.6. The number of halogens is 2. The van der Waals surface area contributed by atoms with Gasteiger partial charge in [0, 0.05) is 57.5 Å². The van der Waals surface area contributed by atoms with Crippen LogP contribution < -0.4 is 34.0 Å². The van der Waals surface area contributed by atoms with Crippen LogP contribution in [-0.2, 0) is 19.1 Å². The molecular weight excluding hydrogens is 716 g/mol. The minimum atomic E-state index is -0.123. The fourth-order valence-electron chi connectivity index (χ4n) is 11.4. The van der Waals surface area contributed by atoms with Crippen molar-refractivity contribution in [2.24, 2.45) is 34.5 Å². The Bertz CT molecular complexity index is 1080. The summed E-state index contributed by atoms with van der Waals surface area (Å²) >= 11 is 0. The molecule has 2 aliphatic heterocycles. The molecule has 4 saturated carbocycles. The highest BCUT2D eigenvalue weighted by Gasteiger charge is 2.65. The molecule has 4 aliphatic carbocycles. The number of fused-ring (bicyclic) bond motifs is 5. The number of carbonyl (C=O) groups excluding carboxylic acids is 2. The van der Waals surface area contributed by atoms with Crippen molar-refractivity contribution in [2.45, 2.75) is 96.9 Å². The monoisotopic (exact) mass is 778 g/mol. The number of ether oxygens (including phenoxy) is 2. The maximum absolute atomic E-state index is 12.5. The van der Waals surface area contributed by atoms with Crippen LogP contribution in [0.1, 0.15) is 72.6 Å². The average Bonchev–Trinajstić information content (AvgIpc) is 3.20. The molecule has 268 valence electrons. The Morgan fingerprint density at radius 2 is 1.22 bits per heavy atom. The predicted molar refractivity (Wildman–Crippen MR) is 172 cm³/mol. The van der Waals surface area contributed by atoms with Crippen molar-refractivity contribution in [1.82, 2.24) is 9.80 Å². The lowest BCUT2D eigenvalue weighted by Gasteiger charge is -2.62. The number of likely N-dealkylation sites (N-methyl/N-ethyl adjacent to an activating group) is 2. The number of quaternary nitrogens is 2. The van der Waals surface area contributed by atoms with Gasteiger partial charge in [0.25, 0.3) is 0 Å². The number of nitrogens with zero attached hydrogens (tertiary/aromatic N) is 4. The zero-order valence-corrected chi connectivity index (χ0v) is 33.1. The van der Waals surface area contributed by atoms with E-state index in [0.717, 1.165) is 80.6 Å². The van der Waals surface area contributed by atoms with Crippen molar-refractivity contribution >= 4 is 11.9 Å². The van der Waals surface area contributed by atoms with Gasteiger partial charge >= 0.3 is 11.9 Å². The van der Waals surface area contributed by atoms with Gasteiger partial charge in [-0.1, -0.05) is 13.8 Å². The van der Waals surface area contributed by atoms with E-state index in [-0.39, 0.29) is 74.4 Å². The second-order valence-electron chi connectivity index (χ2n) is 17.5. The van der Waals surface area contributed by atoms with Crippen LogP contribution in [0.2, 0.25) is 0 Å². The number of rotatable bonds is 4. The highest BCUT2D eigenvalue weighted by molar-refractivity contribution is 5.66. The first-order chi connectivity index (χ1) is 20.1. The summed E-state index contributed by atoms with van der Waals surface area (Å²) in [4.78, 5) is 30.2. The normalized spacial score (nSPS) is 43.2. The molecule has 46 heavy (non-hydrogen) atoms. The van der Waals surface area contributed by atoms with Gasteiger partial charge in [0.15, 0.2) is 0 Å². The van der Waals surface area contributed by atoms with Crippen molar-refractivity contribution in [2.75, 3.05) is 80.5 Å². The van der Waals surface area contributed by atoms with E-state index in [2.05, 4.69) is 51.8 Å². The Labute approximate surface area is 300 Å². The van der Waals surface area contributed by atoms with Crippen LogP contribution in [0.4, 0.5) is 0 Å². The molecule has 2 saturated heterocycles. The Morgan fingerprint density at radius 3 is 1.74 bits per heavy atom. The van der Waals surface area contributed by atoms with Gasteiger partial charge in [0.05, 0.1) is 54.4 Å². The van der Waals surface area contributed by atoms with Crippen molar-refractivity contribution in [1.29, 1.82) is 0 Å². The largest absolute Gasteiger partial charge is 1.00 e. The Hall–Kier alpha value is -0.300. The fourth-order valence-corrected chi connectivity index (χ4v) is 11.4. The highest BCUT2D eigenvalue weighted by atomic mass is 79.9. The van der Waals surface area contributed by atoms with Crippen LogP contribution in [0.25, 0.3) is 0 Å². The zero-order valence-electron chi connectivity index (χ0n) is 29.9. The van der Waals surface area contributed by atoms with Gasteiger partial charge < -0.3 is 57.9 Å². The Morgan fingerprint density at radius 1 is 0.696 bits per heavy atom. The summed E-state index contributed by atoms with van der Waals surface area (Å²) in [5.74, 6) is 2.35. The topological polar surface area (TPSA) is 90.6 Å². The van der Waals surface area contributed by atoms with Gasteiger partial charge in [-0.3, -0.25) is 19.4 Å². The first-order valence-corrected chi connectivity index (χ1v) is 17.6. The lowest BCUT2D eigenvalue weighted by atomic mass is 9.44. The zero-order chi connectivity index (χ0) is 30.9. The van der Waals surface area contributed by atoms with Crippen molar-refractivity contribution in [3.8, 4) is 0 Å². The van der Waals surface area contributed by atoms with Crippen molar-refractivity contribution in [3.63, 3.8) is 0 Å². The lowest BCUT2D eigenvalue weighted by molar-refractivity contribution is -0.894. The standard InChI is InChI=1S/C35H62N4O4.2BrH.H2O/c1-24(40)42-32-21-26-9-10-27-28(35(26,4)23-31(32)37-15-19-39(7,8)20-16-37)11-12-34(3)29(27)22-30(33(34)43-25(2)41)36-13-17-38(5,6)18-14-36;;;/h26-33H,9-23H2,1-8H3;2*1H;1H2/q+2;;;/p-2/t26-,27+,28-,29-,30-,31-,32-,33-,34-,35-;;;/m0.../s1. The molecule has 0 bridgehead atoms. The molecule has 6 fully saturated rings. The van der Waals surface area contributed by atoms with E-state index in [1.807, 2.05) is 0 Å². The van der Waals surface area contributed by atoms with Gasteiger partial charge in [0.2, 0.25) is 0 Å². The van der Waals surface area contributed by atoms with Crippen LogP contribution in [0.5, 0.6) is 0 Å². The maximum atomic E-state index is 12.5. The molecule has 0 amide bonds. The summed E-state index contributed by atoms with van der Waals surface area (Å²) in [5.41, 5.74) is 0.308. The van der Waals surface area contributed by atoms with E-state index < -0.39 is 0 Å². The minimum Gasteiger partial charge on any atom is -1.00 e. The van der Waals surface area contributed by atoms with E-state index in [0.29, 0.717) is 35.8 Å².